The molecule has 4 rings (SSSR count). The van der Waals surface area contributed by atoms with Crippen LogP contribution in [0.1, 0.15) is 16.5 Å². The number of nitrogens with zero attached hydrogens (tertiary/aromatic N) is 3. The van der Waals surface area contributed by atoms with Crippen LogP contribution >= 0.6 is 11.3 Å². The standard InChI is InChI=1S/C15H11FN4S/c16-11-5-2-1-4-10(11)13-8-12(14-6-3-7-21-14)19-15-17-9-18-20(13)15/h1-9,13H,(H,17,18,19). The second-order valence-electron chi connectivity index (χ2n) is 4.68. The fourth-order valence-corrected chi connectivity index (χ4v) is 3.15. The van der Waals surface area contributed by atoms with Crippen LogP contribution in [0.15, 0.2) is 54.2 Å². The third-order valence-corrected chi connectivity index (χ3v) is 4.32. The minimum Gasteiger partial charge on any atom is -0.323 e. The highest BCUT2D eigenvalue weighted by molar-refractivity contribution is 7.11. The summed E-state index contributed by atoms with van der Waals surface area (Å²) in [6.45, 7) is 0. The summed E-state index contributed by atoms with van der Waals surface area (Å²) in [5.41, 5.74) is 1.51. The number of thiophene rings is 1. The lowest BCUT2D eigenvalue weighted by atomic mass is 10.0. The Morgan fingerprint density at radius 3 is 2.90 bits per heavy atom. The lowest BCUT2D eigenvalue weighted by Gasteiger charge is -2.24. The quantitative estimate of drug-likeness (QED) is 0.787. The van der Waals surface area contributed by atoms with Crippen LogP contribution in [0.2, 0.25) is 0 Å². The topological polar surface area (TPSA) is 42.7 Å². The van der Waals surface area contributed by atoms with E-state index < -0.39 is 0 Å². The Morgan fingerprint density at radius 2 is 2.10 bits per heavy atom. The molecule has 0 saturated heterocycles. The molecule has 2 aromatic heterocycles. The van der Waals surface area contributed by atoms with Gasteiger partial charge in [0.25, 0.3) is 0 Å². The van der Waals surface area contributed by atoms with E-state index in [0.717, 1.165) is 10.6 Å². The third kappa shape index (κ3) is 2.04. The Kier molecular flexibility index (Phi) is 2.82. The highest BCUT2D eigenvalue weighted by Crippen LogP contribution is 2.34. The summed E-state index contributed by atoms with van der Waals surface area (Å²) >= 11 is 1.63. The van der Waals surface area contributed by atoms with Gasteiger partial charge in [0.05, 0.1) is 10.6 Å². The van der Waals surface area contributed by atoms with Crippen LogP contribution in [0, 0.1) is 5.82 Å². The van der Waals surface area contributed by atoms with Crippen molar-refractivity contribution < 1.29 is 4.39 Å². The molecule has 0 bridgehead atoms. The SMILES string of the molecule is Fc1ccccc1C1C=C(c2cccs2)Nc2ncnn21. The largest absolute Gasteiger partial charge is 0.323 e. The van der Waals surface area contributed by atoms with Crippen molar-refractivity contribution in [3.8, 4) is 0 Å². The van der Waals surface area contributed by atoms with Gasteiger partial charge in [0.15, 0.2) is 0 Å². The number of aromatic nitrogens is 3. The van der Waals surface area contributed by atoms with Gasteiger partial charge in [0, 0.05) is 5.56 Å². The van der Waals surface area contributed by atoms with Crippen LogP contribution in [0.4, 0.5) is 10.3 Å². The molecular weight excluding hydrogens is 287 g/mol. The molecule has 21 heavy (non-hydrogen) atoms. The van der Waals surface area contributed by atoms with Crippen molar-refractivity contribution >= 4 is 23.0 Å². The van der Waals surface area contributed by atoms with Crippen molar-refractivity contribution in [3.63, 3.8) is 0 Å². The highest BCUT2D eigenvalue weighted by Gasteiger charge is 2.25. The Morgan fingerprint density at radius 1 is 1.19 bits per heavy atom. The Balaban J connectivity index is 1.87. The first-order valence-electron chi connectivity index (χ1n) is 6.49. The van der Waals surface area contributed by atoms with Gasteiger partial charge < -0.3 is 5.32 Å². The smallest absolute Gasteiger partial charge is 0.226 e. The molecule has 3 heterocycles. The molecule has 0 amide bonds. The molecule has 1 aliphatic rings. The summed E-state index contributed by atoms with van der Waals surface area (Å²) in [4.78, 5) is 5.29. The van der Waals surface area contributed by atoms with Crippen LogP contribution in [-0.2, 0) is 0 Å². The molecule has 1 atom stereocenters. The number of halogens is 1. The normalized spacial score (nSPS) is 17.0. The van der Waals surface area contributed by atoms with Crippen molar-refractivity contribution in [2.75, 3.05) is 5.32 Å². The number of fused-ring (bicyclic) bond motifs is 1. The zero-order valence-electron chi connectivity index (χ0n) is 10.9. The highest BCUT2D eigenvalue weighted by atomic mass is 32.1. The predicted octanol–water partition coefficient (Wildman–Crippen LogP) is 3.53. The molecule has 1 aromatic carbocycles. The minimum atomic E-state index is -0.304. The Hall–Kier alpha value is -2.47. The van der Waals surface area contributed by atoms with Gasteiger partial charge in [-0.3, -0.25) is 0 Å². The van der Waals surface area contributed by atoms with E-state index >= 15 is 0 Å². The molecule has 0 radical (unpaired) electrons. The molecule has 4 nitrogen and oxygen atoms in total. The van der Waals surface area contributed by atoms with E-state index in [4.69, 9.17) is 0 Å². The van der Waals surface area contributed by atoms with E-state index in [-0.39, 0.29) is 11.9 Å². The molecule has 0 aliphatic carbocycles. The van der Waals surface area contributed by atoms with Gasteiger partial charge in [0.2, 0.25) is 5.95 Å². The van der Waals surface area contributed by atoms with E-state index in [2.05, 4.69) is 15.4 Å². The van der Waals surface area contributed by atoms with Gasteiger partial charge in [-0.25, -0.2) is 9.07 Å². The summed E-state index contributed by atoms with van der Waals surface area (Å²) in [7, 11) is 0. The van der Waals surface area contributed by atoms with Crippen molar-refractivity contribution in [1.29, 1.82) is 0 Å². The number of hydrogen-bond donors (Lipinski definition) is 1. The molecule has 3 aromatic rings. The van der Waals surface area contributed by atoms with Gasteiger partial charge in [-0.1, -0.05) is 24.3 Å². The summed E-state index contributed by atoms with van der Waals surface area (Å²) in [6.07, 6.45) is 3.45. The molecule has 0 spiro atoms. The van der Waals surface area contributed by atoms with Gasteiger partial charge in [-0.15, -0.1) is 11.3 Å². The first-order valence-corrected chi connectivity index (χ1v) is 7.37. The summed E-state index contributed by atoms with van der Waals surface area (Å²) in [5.74, 6) is 0.377. The second-order valence-corrected chi connectivity index (χ2v) is 5.62. The molecule has 0 saturated carbocycles. The second kappa shape index (κ2) is 4.82. The van der Waals surface area contributed by atoms with Crippen molar-refractivity contribution in [1.82, 2.24) is 14.8 Å². The van der Waals surface area contributed by atoms with Crippen molar-refractivity contribution in [2.24, 2.45) is 0 Å². The number of benzene rings is 1. The number of nitrogens with one attached hydrogen (secondary N) is 1. The molecular formula is C15H11FN4S. The van der Waals surface area contributed by atoms with Crippen LogP contribution in [0.5, 0.6) is 0 Å². The molecule has 1 N–H and O–H groups in total. The van der Waals surface area contributed by atoms with Crippen LogP contribution < -0.4 is 5.32 Å². The molecule has 6 heteroatoms. The van der Waals surface area contributed by atoms with Gasteiger partial charge in [0.1, 0.15) is 18.2 Å². The van der Waals surface area contributed by atoms with E-state index in [9.17, 15) is 4.39 Å². The number of hydrogen-bond acceptors (Lipinski definition) is 4. The predicted molar refractivity (Wildman–Crippen MR) is 80.5 cm³/mol. The summed E-state index contributed by atoms with van der Waals surface area (Å²) < 4.78 is 15.8. The average molecular weight is 298 g/mol. The summed E-state index contributed by atoms with van der Waals surface area (Å²) in [5, 5.41) is 9.45. The lowest BCUT2D eigenvalue weighted by molar-refractivity contribution is 0.551. The molecule has 0 fully saturated rings. The van der Waals surface area contributed by atoms with Crippen LogP contribution in [-0.4, -0.2) is 14.8 Å². The first-order chi connectivity index (χ1) is 10.3. The van der Waals surface area contributed by atoms with E-state index in [1.807, 2.05) is 29.7 Å². The molecule has 1 unspecified atom stereocenters. The van der Waals surface area contributed by atoms with E-state index in [0.29, 0.717) is 11.5 Å². The first kappa shape index (κ1) is 12.3. The minimum absolute atomic E-state index is 0.243. The lowest BCUT2D eigenvalue weighted by Crippen LogP contribution is -2.20. The monoisotopic (exact) mass is 298 g/mol. The van der Waals surface area contributed by atoms with Crippen molar-refractivity contribution in [3.05, 3.63) is 70.4 Å². The van der Waals surface area contributed by atoms with E-state index in [1.54, 1.807) is 28.2 Å². The molecule has 104 valence electrons. The van der Waals surface area contributed by atoms with Crippen LogP contribution in [0.25, 0.3) is 5.70 Å². The zero-order chi connectivity index (χ0) is 14.2. The Bertz CT molecular complexity index is 807. The fourth-order valence-electron chi connectivity index (χ4n) is 2.45. The maximum Gasteiger partial charge on any atom is 0.226 e. The molecule has 1 aliphatic heterocycles. The Labute approximate surface area is 124 Å². The zero-order valence-corrected chi connectivity index (χ0v) is 11.7. The van der Waals surface area contributed by atoms with Gasteiger partial charge in [-0.05, 0) is 23.6 Å². The third-order valence-electron chi connectivity index (χ3n) is 3.42. The maximum absolute atomic E-state index is 14.1. The van der Waals surface area contributed by atoms with Crippen LogP contribution in [0.3, 0.4) is 0 Å². The van der Waals surface area contributed by atoms with Gasteiger partial charge in [-0.2, -0.15) is 10.1 Å². The fraction of sp³-hybridized carbons (Fsp3) is 0.0667. The van der Waals surface area contributed by atoms with Gasteiger partial charge >= 0.3 is 0 Å². The average Bonchev–Trinajstić information content (AvgIpc) is 3.18. The number of anilines is 1. The summed E-state index contributed by atoms with van der Waals surface area (Å²) in [6, 6.07) is 10.5. The number of rotatable bonds is 2. The van der Waals surface area contributed by atoms with Crippen molar-refractivity contribution in [2.45, 2.75) is 6.04 Å². The maximum atomic E-state index is 14.1. The van der Waals surface area contributed by atoms with E-state index in [1.165, 1.54) is 12.4 Å². The number of allylic oxidation sites excluding steroid dienone is 1.